The van der Waals surface area contributed by atoms with Gasteiger partial charge in [0, 0.05) is 10.5 Å². The molecule has 1 N–H and O–H groups in total. The number of halogens is 2. The Bertz CT molecular complexity index is 568. The lowest BCUT2D eigenvalue weighted by molar-refractivity contribution is 0.574. The second-order valence-corrected chi connectivity index (χ2v) is 5.49. The number of hydrogen-bond donors (Lipinski definition) is 1. The van der Waals surface area contributed by atoms with Crippen molar-refractivity contribution >= 4 is 15.9 Å². The van der Waals surface area contributed by atoms with E-state index in [1.165, 1.54) is 17.2 Å². The summed E-state index contributed by atoms with van der Waals surface area (Å²) in [6, 6.07) is 13.2. The quantitative estimate of drug-likeness (QED) is 0.880. The van der Waals surface area contributed by atoms with Crippen molar-refractivity contribution in [3.05, 3.63) is 69.4 Å². The third-order valence-corrected chi connectivity index (χ3v) is 4.09. The van der Waals surface area contributed by atoms with Crippen LogP contribution in [0.1, 0.15) is 22.7 Å². The fourth-order valence-corrected chi connectivity index (χ4v) is 2.73. The van der Waals surface area contributed by atoms with E-state index in [0.29, 0.717) is 0 Å². The third-order valence-electron chi connectivity index (χ3n) is 3.37. The Hall–Kier alpha value is -1.19. The van der Waals surface area contributed by atoms with Crippen LogP contribution in [-0.4, -0.2) is 7.05 Å². The zero-order valence-corrected chi connectivity index (χ0v) is 12.7. The average molecular weight is 322 g/mol. The van der Waals surface area contributed by atoms with Gasteiger partial charge in [-0.1, -0.05) is 40.2 Å². The van der Waals surface area contributed by atoms with Crippen molar-refractivity contribution in [2.75, 3.05) is 7.05 Å². The third kappa shape index (κ3) is 3.43. The van der Waals surface area contributed by atoms with Crippen molar-refractivity contribution in [1.29, 1.82) is 0 Å². The lowest BCUT2D eigenvalue weighted by Gasteiger charge is -2.19. The summed E-state index contributed by atoms with van der Waals surface area (Å²) < 4.78 is 14.3. The lowest BCUT2D eigenvalue weighted by atomic mass is 9.96. The summed E-state index contributed by atoms with van der Waals surface area (Å²) in [5.74, 6) is -0.205. The molecule has 0 bridgehead atoms. The van der Waals surface area contributed by atoms with Crippen molar-refractivity contribution in [2.24, 2.45) is 0 Å². The number of aryl methyl sites for hydroxylation is 1. The zero-order valence-electron chi connectivity index (χ0n) is 11.1. The molecule has 0 amide bonds. The van der Waals surface area contributed by atoms with Crippen LogP contribution >= 0.6 is 15.9 Å². The standard InChI is InChI=1S/C16H17BrFN/c1-11-5-3-4-6-12(11)9-16(19-2)14-10-13(18)7-8-15(14)17/h3-8,10,16,19H,9H2,1-2H3. The molecule has 0 aromatic heterocycles. The monoisotopic (exact) mass is 321 g/mol. The van der Waals surface area contributed by atoms with E-state index in [1.807, 2.05) is 19.2 Å². The molecule has 0 heterocycles. The Balaban J connectivity index is 2.30. The molecule has 1 atom stereocenters. The highest BCUT2D eigenvalue weighted by atomic mass is 79.9. The molecule has 0 aliphatic rings. The largest absolute Gasteiger partial charge is 0.313 e. The van der Waals surface area contributed by atoms with E-state index in [9.17, 15) is 4.39 Å². The first-order valence-corrected chi connectivity index (χ1v) is 7.08. The summed E-state index contributed by atoms with van der Waals surface area (Å²) in [4.78, 5) is 0. The molecule has 1 nitrogen and oxygen atoms in total. The topological polar surface area (TPSA) is 12.0 Å². The minimum absolute atomic E-state index is 0.0891. The van der Waals surface area contributed by atoms with Crippen LogP contribution < -0.4 is 5.32 Å². The summed E-state index contributed by atoms with van der Waals surface area (Å²) in [5, 5.41) is 3.27. The molecule has 100 valence electrons. The molecule has 0 spiro atoms. The van der Waals surface area contributed by atoms with Crippen LogP contribution in [0, 0.1) is 12.7 Å². The van der Waals surface area contributed by atoms with Gasteiger partial charge in [-0.15, -0.1) is 0 Å². The Labute approximate surface area is 122 Å². The van der Waals surface area contributed by atoms with Gasteiger partial charge in [-0.25, -0.2) is 4.39 Å². The first-order chi connectivity index (χ1) is 9.11. The van der Waals surface area contributed by atoms with Gasteiger partial charge in [0.2, 0.25) is 0 Å². The summed E-state index contributed by atoms with van der Waals surface area (Å²) in [7, 11) is 1.90. The van der Waals surface area contributed by atoms with Gasteiger partial charge in [0.1, 0.15) is 5.82 Å². The Morgan fingerprint density at radius 3 is 2.63 bits per heavy atom. The maximum absolute atomic E-state index is 13.4. The van der Waals surface area contributed by atoms with Gasteiger partial charge in [-0.05, 0) is 55.3 Å². The number of nitrogens with one attached hydrogen (secondary N) is 1. The van der Waals surface area contributed by atoms with Crippen molar-refractivity contribution < 1.29 is 4.39 Å². The average Bonchev–Trinajstić information content (AvgIpc) is 2.41. The molecular weight excluding hydrogens is 305 g/mol. The molecule has 2 aromatic carbocycles. The maximum Gasteiger partial charge on any atom is 0.123 e. The van der Waals surface area contributed by atoms with Crippen LogP contribution in [-0.2, 0) is 6.42 Å². The van der Waals surface area contributed by atoms with Crippen molar-refractivity contribution in [3.63, 3.8) is 0 Å². The van der Waals surface area contributed by atoms with Crippen LogP contribution in [0.25, 0.3) is 0 Å². The van der Waals surface area contributed by atoms with Gasteiger partial charge in [-0.3, -0.25) is 0 Å². The molecule has 19 heavy (non-hydrogen) atoms. The van der Waals surface area contributed by atoms with E-state index >= 15 is 0 Å². The van der Waals surface area contributed by atoms with Crippen LogP contribution in [0.4, 0.5) is 4.39 Å². The normalized spacial score (nSPS) is 12.4. The van der Waals surface area contributed by atoms with Gasteiger partial charge < -0.3 is 5.32 Å². The number of hydrogen-bond acceptors (Lipinski definition) is 1. The number of likely N-dealkylation sites (N-methyl/N-ethyl adjacent to an activating group) is 1. The maximum atomic E-state index is 13.4. The Kier molecular flexibility index (Phi) is 4.72. The lowest BCUT2D eigenvalue weighted by Crippen LogP contribution is -2.20. The smallest absolute Gasteiger partial charge is 0.123 e. The van der Waals surface area contributed by atoms with Gasteiger partial charge >= 0.3 is 0 Å². The second kappa shape index (κ2) is 6.31. The van der Waals surface area contributed by atoms with Crippen LogP contribution in [0.15, 0.2) is 46.9 Å². The fraction of sp³-hybridized carbons (Fsp3) is 0.250. The Morgan fingerprint density at radius 1 is 1.21 bits per heavy atom. The van der Waals surface area contributed by atoms with E-state index in [4.69, 9.17) is 0 Å². The molecule has 0 radical (unpaired) electrons. The van der Waals surface area contributed by atoms with Gasteiger partial charge in [-0.2, -0.15) is 0 Å². The van der Waals surface area contributed by atoms with E-state index in [2.05, 4.69) is 40.3 Å². The van der Waals surface area contributed by atoms with E-state index in [0.717, 1.165) is 16.5 Å². The molecule has 2 rings (SSSR count). The highest BCUT2D eigenvalue weighted by molar-refractivity contribution is 9.10. The minimum atomic E-state index is -0.205. The van der Waals surface area contributed by atoms with Gasteiger partial charge in [0.15, 0.2) is 0 Å². The first kappa shape index (κ1) is 14.2. The van der Waals surface area contributed by atoms with E-state index in [1.54, 1.807) is 12.1 Å². The van der Waals surface area contributed by atoms with Crippen LogP contribution in [0.5, 0.6) is 0 Å². The molecule has 1 unspecified atom stereocenters. The predicted molar refractivity (Wildman–Crippen MR) is 80.8 cm³/mol. The van der Waals surface area contributed by atoms with Gasteiger partial charge in [0.25, 0.3) is 0 Å². The van der Waals surface area contributed by atoms with E-state index < -0.39 is 0 Å². The minimum Gasteiger partial charge on any atom is -0.313 e. The summed E-state index contributed by atoms with van der Waals surface area (Å²) in [5.41, 5.74) is 3.49. The summed E-state index contributed by atoms with van der Waals surface area (Å²) >= 11 is 3.50. The van der Waals surface area contributed by atoms with Crippen LogP contribution in [0.2, 0.25) is 0 Å². The van der Waals surface area contributed by atoms with Crippen molar-refractivity contribution in [2.45, 2.75) is 19.4 Å². The molecule has 0 aliphatic heterocycles. The zero-order chi connectivity index (χ0) is 13.8. The molecule has 2 aromatic rings. The number of rotatable bonds is 4. The molecule has 3 heteroatoms. The molecule has 0 fully saturated rings. The SMILES string of the molecule is CNC(Cc1ccccc1C)c1cc(F)ccc1Br. The Morgan fingerprint density at radius 2 is 1.95 bits per heavy atom. The second-order valence-electron chi connectivity index (χ2n) is 4.64. The van der Waals surface area contributed by atoms with Crippen LogP contribution in [0.3, 0.4) is 0 Å². The fourth-order valence-electron chi connectivity index (χ4n) is 2.21. The molecule has 0 aliphatic carbocycles. The molecule has 0 saturated carbocycles. The van der Waals surface area contributed by atoms with Gasteiger partial charge in [0.05, 0.1) is 0 Å². The number of benzene rings is 2. The van der Waals surface area contributed by atoms with E-state index in [-0.39, 0.29) is 11.9 Å². The summed E-state index contributed by atoms with van der Waals surface area (Å²) in [6.07, 6.45) is 0.839. The first-order valence-electron chi connectivity index (χ1n) is 6.28. The molecular formula is C16H17BrFN. The molecule has 0 saturated heterocycles. The summed E-state index contributed by atoms with van der Waals surface area (Å²) in [6.45, 7) is 2.10. The predicted octanol–water partition coefficient (Wildman–Crippen LogP) is 4.40. The van der Waals surface area contributed by atoms with Crippen molar-refractivity contribution in [3.8, 4) is 0 Å². The van der Waals surface area contributed by atoms with Crippen molar-refractivity contribution in [1.82, 2.24) is 5.32 Å². The highest BCUT2D eigenvalue weighted by Crippen LogP contribution is 2.27. The highest BCUT2D eigenvalue weighted by Gasteiger charge is 2.15.